The molecular weight excluding hydrogens is 236 g/mol. The van der Waals surface area contributed by atoms with E-state index in [1.165, 1.54) is 0 Å². The average Bonchev–Trinajstić information content (AvgIpc) is 2.33. The molecule has 0 radical (unpaired) electrons. The maximum Gasteiger partial charge on any atom is 0.253 e. The van der Waals surface area contributed by atoms with E-state index in [9.17, 15) is 4.79 Å². The molecule has 1 heterocycles. The molecule has 0 atom stereocenters. The second-order valence-electron chi connectivity index (χ2n) is 4.13. The maximum absolute atomic E-state index is 12.1. The molecule has 0 aliphatic rings. The topological polar surface area (TPSA) is 48.0 Å². The van der Waals surface area contributed by atoms with E-state index in [1.54, 1.807) is 11.6 Å². The van der Waals surface area contributed by atoms with Gasteiger partial charge in [0.05, 0.1) is 5.52 Å². The minimum Gasteiger partial charge on any atom is -0.330 e. The van der Waals surface area contributed by atoms with Crippen LogP contribution >= 0.6 is 11.6 Å². The molecule has 0 unspecified atom stereocenters. The Labute approximate surface area is 105 Å². The van der Waals surface area contributed by atoms with Crippen molar-refractivity contribution in [1.29, 1.82) is 0 Å². The first-order chi connectivity index (χ1) is 8.13. The Morgan fingerprint density at radius 2 is 2.12 bits per heavy atom. The maximum atomic E-state index is 12.1. The molecule has 2 aromatic rings. The summed E-state index contributed by atoms with van der Waals surface area (Å²) in [5, 5.41) is 1.67. The second kappa shape index (κ2) is 4.90. The number of rotatable bonds is 3. The molecule has 0 fully saturated rings. The van der Waals surface area contributed by atoms with Crippen molar-refractivity contribution in [2.24, 2.45) is 12.8 Å². The van der Waals surface area contributed by atoms with Crippen LogP contribution in [-0.4, -0.2) is 11.1 Å². The van der Waals surface area contributed by atoms with Crippen molar-refractivity contribution in [3.8, 4) is 0 Å². The normalized spacial score (nSPS) is 11.0. The molecule has 0 aliphatic carbocycles. The fourth-order valence-corrected chi connectivity index (χ4v) is 2.14. The zero-order chi connectivity index (χ0) is 12.4. The smallest absolute Gasteiger partial charge is 0.253 e. The van der Waals surface area contributed by atoms with E-state index in [2.05, 4.69) is 0 Å². The molecule has 3 nitrogen and oxygen atoms in total. The number of benzene rings is 1. The molecule has 0 saturated heterocycles. The fourth-order valence-electron chi connectivity index (χ4n) is 1.98. The molecule has 0 aliphatic heterocycles. The lowest BCUT2D eigenvalue weighted by Gasteiger charge is -2.08. The molecular formula is C13H15ClN2O. The Bertz CT molecular complexity index is 604. The van der Waals surface area contributed by atoms with Gasteiger partial charge in [-0.15, -0.1) is 0 Å². The standard InChI is InChI=1S/C13H15ClN2O/c1-16-12-8-11(14)5-4-9(12)7-10(13(16)17)3-2-6-15/h4-5,7-8H,2-3,6,15H2,1H3. The monoisotopic (exact) mass is 250 g/mol. The molecule has 0 bridgehead atoms. The van der Waals surface area contributed by atoms with Crippen molar-refractivity contribution in [1.82, 2.24) is 4.57 Å². The van der Waals surface area contributed by atoms with Crippen LogP contribution in [0.4, 0.5) is 0 Å². The highest BCUT2D eigenvalue weighted by Gasteiger charge is 2.06. The van der Waals surface area contributed by atoms with Gasteiger partial charge < -0.3 is 10.3 Å². The number of halogens is 1. The predicted molar refractivity (Wildman–Crippen MR) is 71.6 cm³/mol. The van der Waals surface area contributed by atoms with Crippen LogP contribution in [0, 0.1) is 0 Å². The van der Waals surface area contributed by atoms with Gasteiger partial charge in [0.25, 0.3) is 5.56 Å². The van der Waals surface area contributed by atoms with E-state index in [-0.39, 0.29) is 5.56 Å². The van der Waals surface area contributed by atoms with E-state index in [0.717, 1.165) is 29.3 Å². The van der Waals surface area contributed by atoms with E-state index < -0.39 is 0 Å². The first kappa shape index (κ1) is 12.1. The molecule has 2 N–H and O–H groups in total. The van der Waals surface area contributed by atoms with Crippen molar-refractivity contribution < 1.29 is 0 Å². The lowest BCUT2D eigenvalue weighted by Crippen LogP contribution is -2.21. The van der Waals surface area contributed by atoms with Crippen LogP contribution in [0.2, 0.25) is 5.02 Å². The lowest BCUT2D eigenvalue weighted by molar-refractivity contribution is 0.799. The molecule has 1 aromatic carbocycles. The number of nitrogens with zero attached hydrogens (tertiary/aromatic N) is 1. The van der Waals surface area contributed by atoms with E-state index >= 15 is 0 Å². The van der Waals surface area contributed by atoms with Crippen LogP contribution in [0.15, 0.2) is 29.1 Å². The number of pyridine rings is 1. The molecule has 0 spiro atoms. The predicted octanol–water partition coefficient (Wildman–Crippen LogP) is 2.08. The highest BCUT2D eigenvalue weighted by atomic mass is 35.5. The Balaban J connectivity index is 2.62. The summed E-state index contributed by atoms with van der Waals surface area (Å²) in [4.78, 5) is 12.1. The third kappa shape index (κ3) is 2.35. The van der Waals surface area contributed by atoms with E-state index in [4.69, 9.17) is 17.3 Å². The second-order valence-corrected chi connectivity index (χ2v) is 4.57. The lowest BCUT2D eigenvalue weighted by atomic mass is 10.1. The first-order valence-electron chi connectivity index (χ1n) is 5.61. The summed E-state index contributed by atoms with van der Waals surface area (Å²) in [5.41, 5.74) is 7.18. The van der Waals surface area contributed by atoms with Crippen LogP contribution in [0.1, 0.15) is 12.0 Å². The summed E-state index contributed by atoms with van der Waals surface area (Å²) in [6.07, 6.45) is 1.55. The van der Waals surface area contributed by atoms with Gasteiger partial charge in [-0.05, 0) is 43.0 Å². The number of aromatic nitrogens is 1. The van der Waals surface area contributed by atoms with Crippen molar-refractivity contribution in [3.63, 3.8) is 0 Å². The fraction of sp³-hybridized carbons (Fsp3) is 0.308. The summed E-state index contributed by atoms with van der Waals surface area (Å²) in [6, 6.07) is 7.51. The highest BCUT2D eigenvalue weighted by molar-refractivity contribution is 6.31. The van der Waals surface area contributed by atoms with Gasteiger partial charge in [-0.25, -0.2) is 0 Å². The van der Waals surface area contributed by atoms with Gasteiger partial charge in [0, 0.05) is 17.6 Å². The van der Waals surface area contributed by atoms with Gasteiger partial charge in [0.15, 0.2) is 0 Å². The molecule has 4 heteroatoms. The Hall–Kier alpha value is -1.32. The average molecular weight is 251 g/mol. The van der Waals surface area contributed by atoms with Gasteiger partial charge >= 0.3 is 0 Å². The van der Waals surface area contributed by atoms with Crippen molar-refractivity contribution in [2.45, 2.75) is 12.8 Å². The number of hydrogen-bond donors (Lipinski definition) is 1. The molecule has 90 valence electrons. The number of nitrogens with two attached hydrogens (primary N) is 1. The van der Waals surface area contributed by atoms with Crippen LogP contribution in [0.25, 0.3) is 10.9 Å². The van der Waals surface area contributed by atoms with Crippen LogP contribution in [0.5, 0.6) is 0 Å². The van der Waals surface area contributed by atoms with Crippen molar-refractivity contribution in [2.75, 3.05) is 6.54 Å². The minimum absolute atomic E-state index is 0.0354. The molecule has 1 aromatic heterocycles. The summed E-state index contributed by atoms with van der Waals surface area (Å²) in [6.45, 7) is 0.599. The van der Waals surface area contributed by atoms with E-state index in [1.807, 2.05) is 24.3 Å². The summed E-state index contributed by atoms with van der Waals surface area (Å²) >= 11 is 5.93. The Morgan fingerprint density at radius 3 is 2.82 bits per heavy atom. The Kier molecular flexibility index (Phi) is 3.50. The van der Waals surface area contributed by atoms with Crippen molar-refractivity contribution in [3.05, 3.63) is 45.2 Å². The van der Waals surface area contributed by atoms with Gasteiger partial charge in [0.2, 0.25) is 0 Å². The van der Waals surface area contributed by atoms with Gasteiger partial charge in [0.1, 0.15) is 0 Å². The van der Waals surface area contributed by atoms with Crippen LogP contribution < -0.4 is 11.3 Å². The zero-order valence-electron chi connectivity index (χ0n) is 9.74. The van der Waals surface area contributed by atoms with Crippen LogP contribution in [-0.2, 0) is 13.5 Å². The number of fused-ring (bicyclic) bond motifs is 1. The summed E-state index contributed by atoms with van der Waals surface area (Å²) in [7, 11) is 1.77. The largest absolute Gasteiger partial charge is 0.330 e. The quantitative estimate of drug-likeness (QED) is 0.907. The third-order valence-corrected chi connectivity index (χ3v) is 3.15. The molecule has 2 rings (SSSR count). The first-order valence-corrected chi connectivity index (χ1v) is 5.99. The molecule has 0 amide bonds. The van der Waals surface area contributed by atoms with Gasteiger partial charge in [-0.1, -0.05) is 17.7 Å². The zero-order valence-corrected chi connectivity index (χ0v) is 10.5. The SMILES string of the molecule is Cn1c(=O)c(CCCN)cc2ccc(Cl)cc21. The van der Waals surface area contributed by atoms with Gasteiger partial charge in [-0.3, -0.25) is 4.79 Å². The number of hydrogen-bond acceptors (Lipinski definition) is 2. The van der Waals surface area contributed by atoms with Crippen LogP contribution in [0.3, 0.4) is 0 Å². The number of aryl methyl sites for hydroxylation is 2. The van der Waals surface area contributed by atoms with Gasteiger partial charge in [-0.2, -0.15) is 0 Å². The molecule has 0 saturated carbocycles. The summed E-state index contributed by atoms with van der Waals surface area (Å²) < 4.78 is 1.65. The molecule has 17 heavy (non-hydrogen) atoms. The highest BCUT2D eigenvalue weighted by Crippen LogP contribution is 2.18. The minimum atomic E-state index is 0.0354. The van der Waals surface area contributed by atoms with Crippen molar-refractivity contribution >= 4 is 22.5 Å². The van der Waals surface area contributed by atoms with E-state index in [0.29, 0.717) is 11.6 Å². The Morgan fingerprint density at radius 1 is 1.35 bits per heavy atom. The third-order valence-electron chi connectivity index (χ3n) is 2.91. The summed E-state index contributed by atoms with van der Waals surface area (Å²) in [5.74, 6) is 0.